The molecule has 0 bridgehead atoms. The third-order valence-electron chi connectivity index (χ3n) is 5.45. The fraction of sp³-hybridized carbons (Fsp3) is 0.154. The van der Waals surface area contributed by atoms with Crippen molar-refractivity contribution in [1.29, 1.82) is 0 Å². The van der Waals surface area contributed by atoms with E-state index in [-0.39, 0.29) is 10.8 Å². The molecule has 0 saturated heterocycles. The summed E-state index contributed by atoms with van der Waals surface area (Å²) in [5.41, 5.74) is 2.95. The van der Waals surface area contributed by atoms with Gasteiger partial charge in [0.25, 0.3) is 5.91 Å². The van der Waals surface area contributed by atoms with Crippen molar-refractivity contribution in [2.75, 3.05) is 7.05 Å². The van der Waals surface area contributed by atoms with Crippen molar-refractivity contribution in [1.82, 2.24) is 19.4 Å². The van der Waals surface area contributed by atoms with Gasteiger partial charge < -0.3 is 4.90 Å². The lowest BCUT2D eigenvalue weighted by molar-refractivity contribution is 0.0785. The number of carbonyl (C=O) groups is 1. The molecule has 1 atom stereocenters. The summed E-state index contributed by atoms with van der Waals surface area (Å²) in [6, 6.07) is 24.7. The maximum Gasteiger partial charge on any atom is 0.253 e. The predicted molar refractivity (Wildman–Crippen MR) is 131 cm³/mol. The van der Waals surface area contributed by atoms with E-state index < -0.39 is 16.1 Å². The number of amides is 1. The van der Waals surface area contributed by atoms with E-state index in [4.69, 9.17) is 0 Å². The van der Waals surface area contributed by atoms with Gasteiger partial charge in [-0.15, -0.1) is 0 Å². The van der Waals surface area contributed by atoms with E-state index in [1.165, 1.54) is 17.0 Å². The van der Waals surface area contributed by atoms with Gasteiger partial charge in [0.2, 0.25) is 10.0 Å². The average molecular weight is 475 g/mol. The maximum atomic E-state index is 13.0. The van der Waals surface area contributed by atoms with Gasteiger partial charge in [-0.2, -0.15) is 5.10 Å². The summed E-state index contributed by atoms with van der Waals surface area (Å²) >= 11 is 0. The molecule has 1 amide bonds. The van der Waals surface area contributed by atoms with Crippen LogP contribution in [0.3, 0.4) is 0 Å². The van der Waals surface area contributed by atoms with E-state index >= 15 is 0 Å². The zero-order valence-corrected chi connectivity index (χ0v) is 19.8. The minimum absolute atomic E-state index is 0.0476. The van der Waals surface area contributed by atoms with Crippen LogP contribution in [-0.4, -0.2) is 36.1 Å². The molecule has 0 radical (unpaired) electrons. The van der Waals surface area contributed by atoms with E-state index in [2.05, 4.69) is 9.82 Å². The Labute approximate surface area is 199 Å². The number of aromatic nitrogens is 2. The molecule has 7 nitrogen and oxygen atoms in total. The highest BCUT2D eigenvalue weighted by Gasteiger charge is 2.21. The minimum atomic E-state index is -3.81. The average Bonchev–Trinajstić information content (AvgIpc) is 3.33. The van der Waals surface area contributed by atoms with Crippen LogP contribution in [0.15, 0.2) is 102 Å². The highest BCUT2D eigenvalue weighted by Crippen LogP contribution is 2.19. The number of sulfonamides is 1. The number of nitrogens with one attached hydrogen (secondary N) is 1. The van der Waals surface area contributed by atoms with E-state index in [1.807, 2.05) is 66.9 Å². The number of nitrogens with zero attached hydrogens (tertiary/aromatic N) is 3. The van der Waals surface area contributed by atoms with Gasteiger partial charge in [-0.25, -0.2) is 17.8 Å². The molecule has 0 unspecified atom stereocenters. The van der Waals surface area contributed by atoms with Crippen LogP contribution in [-0.2, 0) is 16.6 Å². The Balaban J connectivity index is 1.46. The van der Waals surface area contributed by atoms with Crippen molar-refractivity contribution in [3.8, 4) is 5.69 Å². The van der Waals surface area contributed by atoms with Crippen molar-refractivity contribution in [3.63, 3.8) is 0 Å². The summed E-state index contributed by atoms with van der Waals surface area (Å²) in [5.74, 6) is -0.277. The van der Waals surface area contributed by atoms with Gasteiger partial charge in [-0.1, -0.05) is 54.6 Å². The Hall–Kier alpha value is -3.75. The number of benzene rings is 3. The molecule has 3 aromatic carbocycles. The molecular weight excluding hydrogens is 448 g/mol. The van der Waals surface area contributed by atoms with Crippen LogP contribution < -0.4 is 4.72 Å². The largest absolute Gasteiger partial charge is 0.337 e. The Bertz CT molecular complexity index is 1370. The van der Waals surface area contributed by atoms with Crippen molar-refractivity contribution < 1.29 is 13.2 Å². The molecule has 0 aliphatic rings. The number of rotatable bonds is 8. The fourth-order valence-electron chi connectivity index (χ4n) is 3.64. The SMILES string of the molecule is C[C@@H](NS(=O)(=O)c1cccc(C(=O)N(C)Cc2cnn(-c3ccccc3)c2)c1)c1ccccc1. The molecule has 34 heavy (non-hydrogen) atoms. The standard InChI is InChI=1S/C26H26N4O3S/c1-20(22-10-5-3-6-11-22)28-34(32,33)25-15-9-12-23(16-25)26(31)29(2)18-21-17-27-30(19-21)24-13-7-4-8-14-24/h3-17,19-20,28H,18H2,1-2H3/t20-/m1/s1. The Kier molecular flexibility index (Phi) is 6.90. The zero-order valence-electron chi connectivity index (χ0n) is 19.0. The van der Waals surface area contributed by atoms with Crippen LogP contribution in [0.4, 0.5) is 0 Å². The summed E-state index contributed by atoms with van der Waals surface area (Å²) in [6.07, 6.45) is 3.58. The van der Waals surface area contributed by atoms with Crippen LogP contribution in [0.2, 0.25) is 0 Å². The van der Waals surface area contributed by atoms with Crippen LogP contribution in [0.25, 0.3) is 5.69 Å². The van der Waals surface area contributed by atoms with E-state index in [0.29, 0.717) is 12.1 Å². The summed E-state index contributed by atoms with van der Waals surface area (Å²) in [6.45, 7) is 2.12. The number of para-hydroxylation sites is 1. The molecule has 4 aromatic rings. The minimum Gasteiger partial charge on any atom is -0.337 e. The normalized spacial score (nSPS) is 12.3. The van der Waals surface area contributed by atoms with Gasteiger partial charge in [0, 0.05) is 37.0 Å². The topological polar surface area (TPSA) is 84.3 Å². The molecule has 0 spiro atoms. The number of hydrogen-bond donors (Lipinski definition) is 1. The van der Waals surface area contributed by atoms with Crippen LogP contribution >= 0.6 is 0 Å². The fourth-order valence-corrected chi connectivity index (χ4v) is 4.91. The van der Waals surface area contributed by atoms with Crippen LogP contribution in [0, 0.1) is 0 Å². The summed E-state index contributed by atoms with van der Waals surface area (Å²) in [7, 11) is -2.13. The zero-order chi connectivity index (χ0) is 24.1. The van der Waals surface area contributed by atoms with Crippen molar-refractivity contribution in [2.24, 2.45) is 0 Å². The van der Waals surface area contributed by atoms with Gasteiger partial charge in [0.15, 0.2) is 0 Å². The molecule has 0 aliphatic carbocycles. The Morgan fingerprint density at radius 3 is 2.38 bits per heavy atom. The van der Waals surface area contributed by atoms with Gasteiger partial charge in [0.05, 0.1) is 16.8 Å². The lowest BCUT2D eigenvalue weighted by Crippen LogP contribution is -2.28. The highest BCUT2D eigenvalue weighted by atomic mass is 32.2. The molecule has 0 aliphatic heterocycles. The second-order valence-corrected chi connectivity index (χ2v) is 9.79. The molecule has 1 heterocycles. The van der Waals surface area contributed by atoms with Crippen LogP contribution in [0.1, 0.15) is 34.5 Å². The van der Waals surface area contributed by atoms with E-state index in [1.54, 1.807) is 37.0 Å². The van der Waals surface area contributed by atoms with Gasteiger partial charge >= 0.3 is 0 Å². The first kappa shape index (κ1) is 23.4. The molecule has 0 fully saturated rings. The van der Waals surface area contributed by atoms with Gasteiger partial charge in [-0.3, -0.25) is 4.79 Å². The highest BCUT2D eigenvalue weighted by molar-refractivity contribution is 7.89. The third kappa shape index (κ3) is 5.41. The quantitative estimate of drug-likeness (QED) is 0.415. The molecule has 1 aromatic heterocycles. The number of carbonyl (C=O) groups excluding carboxylic acids is 1. The van der Waals surface area contributed by atoms with Crippen molar-refractivity contribution in [3.05, 3.63) is 114 Å². The van der Waals surface area contributed by atoms with Crippen LogP contribution in [0.5, 0.6) is 0 Å². The van der Waals surface area contributed by atoms with Gasteiger partial charge in [0.1, 0.15) is 0 Å². The molecule has 174 valence electrons. The van der Waals surface area contributed by atoms with Gasteiger partial charge in [-0.05, 0) is 42.8 Å². The monoisotopic (exact) mass is 474 g/mol. The Morgan fingerprint density at radius 1 is 1.00 bits per heavy atom. The second-order valence-electron chi connectivity index (χ2n) is 8.07. The third-order valence-corrected chi connectivity index (χ3v) is 6.98. The molecule has 8 heteroatoms. The molecular formula is C26H26N4O3S. The molecule has 0 saturated carbocycles. The second kappa shape index (κ2) is 10.0. The first-order chi connectivity index (χ1) is 16.3. The van der Waals surface area contributed by atoms with Crippen molar-refractivity contribution in [2.45, 2.75) is 24.4 Å². The summed E-state index contributed by atoms with van der Waals surface area (Å²) in [4.78, 5) is 14.6. The first-order valence-electron chi connectivity index (χ1n) is 10.9. The lowest BCUT2D eigenvalue weighted by Gasteiger charge is -2.18. The van der Waals surface area contributed by atoms with Crippen molar-refractivity contribution >= 4 is 15.9 Å². The summed E-state index contributed by atoms with van der Waals surface area (Å²) < 4.78 is 30.3. The maximum absolute atomic E-state index is 13.0. The molecule has 1 N–H and O–H groups in total. The van der Waals surface area contributed by atoms with E-state index in [9.17, 15) is 13.2 Å². The van der Waals surface area contributed by atoms with E-state index in [0.717, 1.165) is 16.8 Å². The smallest absolute Gasteiger partial charge is 0.253 e. The number of hydrogen-bond acceptors (Lipinski definition) is 4. The lowest BCUT2D eigenvalue weighted by atomic mass is 10.1. The predicted octanol–water partition coefficient (Wildman–Crippen LogP) is 4.18. The first-order valence-corrected chi connectivity index (χ1v) is 12.3. The Morgan fingerprint density at radius 2 is 1.68 bits per heavy atom. The molecule has 4 rings (SSSR count). The summed E-state index contributed by atoms with van der Waals surface area (Å²) in [5, 5.41) is 4.36.